The third-order valence-corrected chi connectivity index (χ3v) is 4.02. The molecular weight excluding hydrogens is 240 g/mol. The van der Waals surface area contributed by atoms with E-state index < -0.39 is 0 Å². The van der Waals surface area contributed by atoms with E-state index in [0.717, 1.165) is 43.1 Å². The van der Waals surface area contributed by atoms with Gasteiger partial charge in [0.2, 0.25) is 0 Å². The fourth-order valence-electron chi connectivity index (χ4n) is 3.00. The Bertz CT molecular complexity index is 465. The van der Waals surface area contributed by atoms with Crippen molar-refractivity contribution in [1.29, 1.82) is 0 Å². The number of aromatic nitrogens is 2. The van der Waals surface area contributed by atoms with Crippen LogP contribution in [-0.4, -0.2) is 35.3 Å². The van der Waals surface area contributed by atoms with E-state index in [-0.39, 0.29) is 0 Å². The van der Waals surface area contributed by atoms with Gasteiger partial charge in [-0.1, -0.05) is 6.92 Å². The van der Waals surface area contributed by atoms with E-state index in [4.69, 9.17) is 15.5 Å². The van der Waals surface area contributed by atoms with Gasteiger partial charge in [-0.3, -0.25) is 0 Å². The number of rotatable bonds is 3. The Morgan fingerprint density at radius 2 is 1.95 bits per heavy atom. The lowest BCUT2D eigenvalue weighted by Crippen LogP contribution is -2.43. The summed E-state index contributed by atoms with van der Waals surface area (Å²) in [4.78, 5) is 11.4. The molecule has 3 rings (SSSR count). The Morgan fingerprint density at radius 1 is 1.26 bits per heavy atom. The molecule has 1 aromatic heterocycles. The summed E-state index contributed by atoms with van der Waals surface area (Å²) in [6.07, 6.45) is 4.99. The van der Waals surface area contributed by atoms with Crippen LogP contribution >= 0.6 is 0 Å². The van der Waals surface area contributed by atoms with E-state index in [1.54, 1.807) is 0 Å². The van der Waals surface area contributed by atoms with Crippen molar-refractivity contribution < 1.29 is 4.74 Å². The average Bonchev–Trinajstić information content (AvgIpc) is 2.73. The molecule has 0 radical (unpaired) electrons. The largest absolute Gasteiger partial charge is 0.383 e. The molecule has 5 nitrogen and oxygen atoms in total. The van der Waals surface area contributed by atoms with Gasteiger partial charge in [-0.25, -0.2) is 9.97 Å². The summed E-state index contributed by atoms with van der Waals surface area (Å²) < 4.78 is 5.88. The minimum atomic E-state index is 0.365. The molecule has 0 aromatic carbocycles. The van der Waals surface area contributed by atoms with Crippen LogP contribution in [0.15, 0.2) is 0 Å². The third-order valence-electron chi connectivity index (χ3n) is 4.02. The molecule has 2 N–H and O–H groups in total. The lowest BCUT2D eigenvalue weighted by atomic mass is 10.2. The molecule has 19 heavy (non-hydrogen) atoms. The van der Waals surface area contributed by atoms with Crippen molar-refractivity contribution in [2.45, 2.75) is 51.7 Å². The highest BCUT2D eigenvalue weighted by Crippen LogP contribution is 2.31. The van der Waals surface area contributed by atoms with Crippen LogP contribution in [0, 0.1) is 6.92 Å². The molecule has 5 heteroatoms. The maximum atomic E-state index is 6.03. The van der Waals surface area contributed by atoms with Crippen molar-refractivity contribution in [3.05, 3.63) is 11.4 Å². The summed E-state index contributed by atoms with van der Waals surface area (Å²) in [6.45, 7) is 6.00. The normalized spacial score (nSPS) is 25.9. The molecule has 0 aliphatic carbocycles. The summed E-state index contributed by atoms with van der Waals surface area (Å²) in [5.74, 6) is 2.49. The molecule has 3 heterocycles. The van der Waals surface area contributed by atoms with Gasteiger partial charge in [0.25, 0.3) is 0 Å². The van der Waals surface area contributed by atoms with Crippen molar-refractivity contribution in [1.82, 2.24) is 9.97 Å². The highest BCUT2D eigenvalue weighted by Gasteiger charge is 2.35. The number of hydrogen-bond acceptors (Lipinski definition) is 5. The number of hydrogen-bond donors (Lipinski definition) is 1. The number of ether oxygens (including phenoxy) is 1. The van der Waals surface area contributed by atoms with Crippen molar-refractivity contribution in [3.63, 3.8) is 0 Å². The van der Waals surface area contributed by atoms with Crippen LogP contribution in [0.25, 0.3) is 0 Å². The summed E-state index contributed by atoms with van der Waals surface area (Å²) in [6, 6.07) is 0. The first-order valence-electron chi connectivity index (χ1n) is 7.20. The van der Waals surface area contributed by atoms with Crippen LogP contribution in [0.1, 0.15) is 37.6 Å². The second-order valence-corrected chi connectivity index (χ2v) is 5.59. The van der Waals surface area contributed by atoms with Crippen LogP contribution in [-0.2, 0) is 11.2 Å². The zero-order chi connectivity index (χ0) is 13.4. The molecule has 2 atom stereocenters. The summed E-state index contributed by atoms with van der Waals surface area (Å²) >= 11 is 0. The predicted molar refractivity (Wildman–Crippen MR) is 75.3 cm³/mol. The molecule has 0 spiro atoms. The van der Waals surface area contributed by atoms with Gasteiger partial charge in [-0.05, 0) is 26.2 Å². The lowest BCUT2D eigenvalue weighted by molar-refractivity contribution is 0.0301. The van der Waals surface area contributed by atoms with Gasteiger partial charge in [0.05, 0.1) is 12.2 Å². The van der Waals surface area contributed by atoms with E-state index in [1.165, 1.54) is 12.8 Å². The summed E-state index contributed by atoms with van der Waals surface area (Å²) in [7, 11) is 0. The maximum Gasteiger partial charge on any atom is 0.137 e. The number of morpholine rings is 1. The number of fused-ring (bicyclic) bond motifs is 2. The lowest BCUT2D eigenvalue weighted by Gasteiger charge is -2.34. The predicted octanol–water partition coefficient (Wildman–Crippen LogP) is 1.69. The Morgan fingerprint density at radius 3 is 2.58 bits per heavy atom. The smallest absolute Gasteiger partial charge is 0.137 e. The zero-order valence-corrected chi connectivity index (χ0v) is 11.7. The molecule has 2 unspecified atom stereocenters. The average molecular weight is 262 g/mol. The molecule has 104 valence electrons. The van der Waals surface area contributed by atoms with Gasteiger partial charge in [0.15, 0.2) is 0 Å². The third kappa shape index (κ3) is 2.39. The second kappa shape index (κ2) is 4.96. The van der Waals surface area contributed by atoms with E-state index in [0.29, 0.717) is 18.0 Å². The molecule has 1 aromatic rings. The van der Waals surface area contributed by atoms with Crippen LogP contribution in [0.2, 0.25) is 0 Å². The van der Waals surface area contributed by atoms with Gasteiger partial charge in [-0.2, -0.15) is 0 Å². The Labute approximate surface area is 114 Å². The van der Waals surface area contributed by atoms with Gasteiger partial charge in [0.1, 0.15) is 17.5 Å². The van der Waals surface area contributed by atoms with Crippen LogP contribution in [0.3, 0.4) is 0 Å². The van der Waals surface area contributed by atoms with Crippen molar-refractivity contribution in [3.8, 4) is 0 Å². The SMILES string of the molecule is CCCc1nc(N)c(C)c(N2CC3CCC(C2)O3)n1. The Balaban J connectivity index is 1.90. The number of nitrogens with zero attached hydrogens (tertiary/aromatic N) is 3. The topological polar surface area (TPSA) is 64.3 Å². The first-order chi connectivity index (χ1) is 9.17. The minimum absolute atomic E-state index is 0.365. The van der Waals surface area contributed by atoms with E-state index in [9.17, 15) is 0 Å². The minimum Gasteiger partial charge on any atom is -0.383 e. The van der Waals surface area contributed by atoms with Gasteiger partial charge >= 0.3 is 0 Å². The molecule has 2 bridgehead atoms. The zero-order valence-electron chi connectivity index (χ0n) is 11.7. The maximum absolute atomic E-state index is 6.03. The van der Waals surface area contributed by atoms with Gasteiger partial charge in [-0.15, -0.1) is 0 Å². The Kier molecular flexibility index (Phi) is 3.31. The number of nitrogen functional groups attached to an aromatic ring is 1. The van der Waals surface area contributed by atoms with Crippen molar-refractivity contribution >= 4 is 11.6 Å². The fraction of sp³-hybridized carbons (Fsp3) is 0.714. The van der Waals surface area contributed by atoms with Crippen LogP contribution in [0.5, 0.6) is 0 Å². The highest BCUT2D eigenvalue weighted by molar-refractivity contribution is 5.57. The molecule has 2 aliphatic heterocycles. The first kappa shape index (κ1) is 12.7. The van der Waals surface area contributed by atoms with Crippen LogP contribution < -0.4 is 10.6 Å². The van der Waals surface area contributed by atoms with Crippen molar-refractivity contribution in [2.75, 3.05) is 23.7 Å². The second-order valence-electron chi connectivity index (χ2n) is 5.59. The van der Waals surface area contributed by atoms with Crippen molar-refractivity contribution in [2.24, 2.45) is 0 Å². The summed E-state index contributed by atoms with van der Waals surface area (Å²) in [5.41, 5.74) is 7.04. The number of nitrogens with two attached hydrogens (primary N) is 1. The molecule has 2 saturated heterocycles. The molecule has 2 aliphatic rings. The number of aryl methyl sites for hydroxylation is 1. The van der Waals surface area contributed by atoms with E-state index in [2.05, 4.69) is 16.8 Å². The first-order valence-corrected chi connectivity index (χ1v) is 7.20. The standard InChI is InChI=1S/C14H22N4O/c1-3-4-12-16-13(15)9(2)14(17-12)18-7-10-5-6-11(8-18)19-10/h10-11H,3-8H2,1-2H3,(H2,15,16,17). The quantitative estimate of drug-likeness (QED) is 0.898. The molecule has 2 fully saturated rings. The van der Waals surface area contributed by atoms with E-state index in [1.807, 2.05) is 6.92 Å². The van der Waals surface area contributed by atoms with Gasteiger partial charge in [0, 0.05) is 25.1 Å². The number of anilines is 2. The van der Waals surface area contributed by atoms with Crippen LogP contribution in [0.4, 0.5) is 11.6 Å². The summed E-state index contributed by atoms with van der Waals surface area (Å²) in [5, 5.41) is 0. The molecule has 0 saturated carbocycles. The fourth-order valence-corrected chi connectivity index (χ4v) is 3.00. The highest BCUT2D eigenvalue weighted by atomic mass is 16.5. The van der Waals surface area contributed by atoms with E-state index >= 15 is 0 Å². The monoisotopic (exact) mass is 262 g/mol. The molecular formula is C14H22N4O. The molecule has 0 amide bonds. The van der Waals surface area contributed by atoms with Gasteiger partial charge < -0.3 is 15.4 Å². The Hall–Kier alpha value is -1.36.